The molecule has 0 aromatic carbocycles. The average molecular weight is 198 g/mol. The Morgan fingerprint density at radius 3 is 2.77 bits per heavy atom. The van der Waals surface area contributed by atoms with Crippen LogP contribution in [0, 0.1) is 0 Å². The fourth-order valence-electron chi connectivity index (χ4n) is 1.70. The Kier molecular flexibility index (Phi) is 4.29. The zero-order valence-corrected chi connectivity index (χ0v) is 9.49. The van der Waals surface area contributed by atoms with E-state index in [1.807, 2.05) is 0 Å². The Bertz CT molecular complexity index is 242. The lowest BCUT2D eigenvalue weighted by Gasteiger charge is -2.13. The highest BCUT2D eigenvalue weighted by atomic mass is 32.1. The van der Waals surface area contributed by atoms with Crippen LogP contribution in [0.4, 0.5) is 0 Å². The summed E-state index contributed by atoms with van der Waals surface area (Å²) in [7, 11) is 1.76. The zero-order chi connectivity index (χ0) is 9.68. The van der Waals surface area contributed by atoms with Crippen LogP contribution >= 0.6 is 11.3 Å². The van der Waals surface area contributed by atoms with Gasteiger partial charge in [-0.05, 0) is 30.2 Å². The van der Waals surface area contributed by atoms with Gasteiger partial charge in [0.2, 0.25) is 0 Å². The molecule has 1 aromatic rings. The maximum atomic E-state index is 5.33. The van der Waals surface area contributed by atoms with Crippen molar-refractivity contribution in [2.45, 2.75) is 39.0 Å². The molecule has 1 unspecified atom stereocenters. The van der Waals surface area contributed by atoms with Gasteiger partial charge in [0.25, 0.3) is 0 Å². The zero-order valence-electron chi connectivity index (χ0n) is 8.67. The topological polar surface area (TPSA) is 9.23 Å². The van der Waals surface area contributed by atoms with Crippen molar-refractivity contribution in [1.29, 1.82) is 0 Å². The van der Waals surface area contributed by atoms with Gasteiger partial charge in [-0.2, -0.15) is 0 Å². The maximum absolute atomic E-state index is 5.33. The minimum atomic E-state index is 0.686. The smallest absolute Gasteiger partial charge is 0.176 e. The van der Waals surface area contributed by atoms with Crippen LogP contribution in [0.15, 0.2) is 11.4 Å². The molecule has 0 aliphatic heterocycles. The summed E-state index contributed by atoms with van der Waals surface area (Å²) in [6, 6.07) is 2.20. The van der Waals surface area contributed by atoms with Crippen LogP contribution in [0.2, 0.25) is 0 Å². The first-order valence-electron chi connectivity index (χ1n) is 4.94. The van der Waals surface area contributed by atoms with Crippen molar-refractivity contribution in [2.75, 3.05) is 7.11 Å². The molecule has 0 fully saturated rings. The highest BCUT2D eigenvalue weighted by Gasteiger charge is 2.14. The van der Waals surface area contributed by atoms with Crippen LogP contribution in [0.25, 0.3) is 0 Å². The van der Waals surface area contributed by atoms with Gasteiger partial charge in [-0.1, -0.05) is 20.3 Å². The van der Waals surface area contributed by atoms with Crippen LogP contribution in [-0.2, 0) is 0 Å². The van der Waals surface area contributed by atoms with Gasteiger partial charge < -0.3 is 4.74 Å². The van der Waals surface area contributed by atoms with E-state index in [-0.39, 0.29) is 0 Å². The second kappa shape index (κ2) is 5.28. The molecule has 0 aliphatic rings. The van der Waals surface area contributed by atoms with E-state index in [1.165, 1.54) is 24.8 Å². The molecule has 1 aromatic heterocycles. The first-order chi connectivity index (χ1) is 6.33. The molecule has 0 radical (unpaired) electrons. The van der Waals surface area contributed by atoms with E-state index in [1.54, 1.807) is 18.4 Å². The first-order valence-corrected chi connectivity index (χ1v) is 5.82. The van der Waals surface area contributed by atoms with E-state index in [9.17, 15) is 0 Å². The van der Waals surface area contributed by atoms with Gasteiger partial charge in [0, 0.05) is 5.56 Å². The maximum Gasteiger partial charge on any atom is 0.176 e. The fraction of sp³-hybridized carbons (Fsp3) is 0.636. The standard InChI is InChI=1S/C11H18OS/c1-4-6-9(5-2)10-7-8-13-11(10)12-3/h7-9H,4-6H2,1-3H3. The van der Waals surface area contributed by atoms with Crippen molar-refractivity contribution in [3.05, 3.63) is 17.0 Å². The fourth-order valence-corrected chi connectivity index (χ4v) is 2.51. The first kappa shape index (κ1) is 10.6. The Hall–Kier alpha value is -0.500. The Morgan fingerprint density at radius 2 is 2.23 bits per heavy atom. The lowest BCUT2D eigenvalue weighted by atomic mass is 9.94. The van der Waals surface area contributed by atoms with Crippen LogP contribution in [0.5, 0.6) is 5.06 Å². The van der Waals surface area contributed by atoms with Crippen molar-refractivity contribution in [3.8, 4) is 5.06 Å². The summed E-state index contributed by atoms with van der Waals surface area (Å²) in [4.78, 5) is 0. The molecule has 74 valence electrons. The predicted octanol–water partition coefficient (Wildman–Crippen LogP) is 4.05. The minimum Gasteiger partial charge on any atom is -0.487 e. The van der Waals surface area contributed by atoms with Gasteiger partial charge in [-0.3, -0.25) is 0 Å². The highest BCUT2D eigenvalue weighted by molar-refractivity contribution is 7.12. The van der Waals surface area contributed by atoms with Gasteiger partial charge in [0.15, 0.2) is 5.06 Å². The lowest BCUT2D eigenvalue weighted by Crippen LogP contribution is -1.97. The molecule has 0 spiro atoms. The van der Waals surface area contributed by atoms with Crippen molar-refractivity contribution in [1.82, 2.24) is 0 Å². The van der Waals surface area contributed by atoms with E-state index in [0.717, 1.165) is 5.06 Å². The summed E-state index contributed by atoms with van der Waals surface area (Å²) in [5.74, 6) is 0.686. The number of hydrogen-bond donors (Lipinski definition) is 0. The van der Waals surface area contributed by atoms with E-state index in [4.69, 9.17) is 4.74 Å². The Morgan fingerprint density at radius 1 is 1.46 bits per heavy atom. The van der Waals surface area contributed by atoms with E-state index in [2.05, 4.69) is 25.3 Å². The molecular weight excluding hydrogens is 180 g/mol. The largest absolute Gasteiger partial charge is 0.487 e. The van der Waals surface area contributed by atoms with Crippen LogP contribution in [-0.4, -0.2) is 7.11 Å². The molecule has 1 heterocycles. The third-order valence-corrected chi connectivity index (χ3v) is 3.30. The van der Waals surface area contributed by atoms with Crippen LogP contribution < -0.4 is 4.74 Å². The molecule has 13 heavy (non-hydrogen) atoms. The summed E-state index contributed by atoms with van der Waals surface area (Å²) < 4.78 is 5.33. The Labute approximate surface area is 84.7 Å². The summed E-state index contributed by atoms with van der Waals surface area (Å²) >= 11 is 1.70. The lowest BCUT2D eigenvalue weighted by molar-refractivity contribution is 0.415. The molecule has 0 bridgehead atoms. The normalized spacial score (nSPS) is 12.8. The second-order valence-electron chi connectivity index (χ2n) is 3.26. The second-order valence-corrected chi connectivity index (χ2v) is 4.14. The van der Waals surface area contributed by atoms with Crippen LogP contribution in [0.1, 0.15) is 44.6 Å². The molecule has 0 N–H and O–H groups in total. The van der Waals surface area contributed by atoms with Crippen molar-refractivity contribution < 1.29 is 4.74 Å². The number of rotatable bonds is 5. The summed E-state index contributed by atoms with van der Waals surface area (Å²) in [5.41, 5.74) is 1.40. The number of thiophene rings is 1. The minimum absolute atomic E-state index is 0.686. The molecule has 1 atom stereocenters. The molecule has 0 saturated heterocycles. The van der Waals surface area contributed by atoms with Gasteiger partial charge in [0.1, 0.15) is 0 Å². The van der Waals surface area contributed by atoms with E-state index < -0.39 is 0 Å². The van der Waals surface area contributed by atoms with Crippen molar-refractivity contribution in [3.63, 3.8) is 0 Å². The van der Waals surface area contributed by atoms with Crippen molar-refractivity contribution in [2.24, 2.45) is 0 Å². The van der Waals surface area contributed by atoms with Gasteiger partial charge in [0.05, 0.1) is 7.11 Å². The molecule has 2 heteroatoms. The van der Waals surface area contributed by atoms with E-state index in [0.29, 0.717) is 5.92 Å². The van der Waals surface area contributed by atoms with Crippen molar-refractivity contribution >= 4 is 11.3 Å². The summed E-state index contributed by atoms with van der Waals surface area (Å²) in [6.45, 7) is 4.49. The molecule has 0 saturated carbocycles. The van der Waals surface area contributed by atoms with Gasteiger partial charge in [-0.25, -0.2) is 0 Å². The number of ether oxygens (including phenoxy) is 1. The monoisotopic (exact) mass is 198 g/mol. The third-order valence-electron chi connectivity index (χ3n) is 2.41. The van der Waals surface area contributed by atoms with Gasteiger partial charge >= 0.3 is 0 Å². The SMILES string of the molecule is CCCC(CC)c1ccsc1OC. The average Bonchev–Trinajstić information content (AvgIpc) is 2.61. The highest BCUT2D eigenvalue weighted by Crippen LogP contribution is 2.36. The predicted molar refractivity (Wildman–Crippen MR) is 58.8 cm³/mol. The number of methoxy groups -OCH3 is 1. The Balaban J connectivity index is 2.77. The molecule has 0 amide bonds. The molecule has 1 nitrogen and oxygen atoms in total. The third kappa shape index (κ3) is 2.47. The summed E-state index contributed by atoms with van der Waals surface area (Å²) in [6.07, 6.45) is 3.72. The molecule has 1 rings (SSSR count). The quantitative estimate of drug-likeness (QED) is 0.693. The molecule has 0 aliphatic carbocycles. The molecular formula is C11H18OS. The van der Waals surface area contributed by atoms with Crippen LogP contribution in [0.3, 0.4) is 0 Å². The number of hydrogen-bond acceptors (Lipinski definition) is 2. The van der Waals surface area contributed by atoms with E-state index >= 15 is 0 Å². The summed E-state index contributed by atoms with van der Waals surface area (Å²) in [5, 5.41) is 3.22. The van der Waals surface area contributed by atoms with Gasteiger partial charge in [-0.15, -0.1) is 11.3 Å².